The Hall–Kier alpha value is -0.610. The average Bonchev–Trinajstić information content (AvgIpc) is 2.04. The lowest BCUT2D eigenvalue weighted by molar-refractivity contribution is -0.165. The van der Waals surface area contributed by atoms with Gasteiger partial charge in [0.15, 0.2) is 0 Å². The minimum absolute atomic E-state index is 0.350. The maximum Gasteiger partial charge on any atom is 0.262 e. The van der Waals surface area contributed by atoms with Gasteiger partial charge in [-0.05, 0) is 19.3 Å². The molecule has 1 atom stereocenters. The summed E-state index contributed by atoms with van der Waals surface area (Å²) in [5.74, 6) is -0.350. The molecule has 0 aliphatic carbocycles. The van der Waals surface area contributed by atoms with Gasteiger partial charge >= 0.3 is 0 Å². The fraction of sp³-hybridized carbons (Fsp3) is 0.833. The molecular weight excluding hydrogens is 132 g/mol. The van der Waals surface area contributed by atoms with E-state index >= 15 is 0 Å². The van der Waals surface area contributed by atoms with Crippen LogP contribution in [0.4, 0.5) is 0 Å². The largest absolute Gasteiger partial charge is 0.320 e. The van der Waals surface area contributed by atoms with Gasteiger partial charge < -0.3 is 5.73 Å². The van der Waals surface area contributed by atoms with E-state index in [2.05, 4.69) is 0 Å². The molecule has 3 N–H and O–H groups in total. The summed E-state index contributed by atoms with van der Waals surface area (Å²) in [6.07, 6.45) is 2.45. The highest BCUT2D eigenvalue weighted by Gasteiger charge is 2.21. The van der Waals surface area contributed by atoms with E-state index < -0.39 is 6.04 Å². The quantitative estimate of drug-likeness (QED) is 0.459. The van der Waals surface area contributed by atoms with Crippen molar-refractivity contribution >= 4 is 5.91 Å². The van der Waals surface area contributed by atoms with Crippen molar-refractivity contribution in [3.8, 4) is 0 Å². The van der Waals surface area contributed by atoms with Crippen molar-refractivity contribution in [2.24, 2.45) is 5.73 Å². The van der Waals surface area contributed by atoms with Gasteiger partial charge in [0.05, 0.1) is 6.04 Å². The van der Waals surface area contributed by atoms with Gasteiger partial charge in [0.25, 0.3) is 5.91 Å². The van der Waals surface area contributed by atoms with Gasteiger partial charge in [-0.25, -0.2) is 5.06 Å². The molecule has 4 heteroatoms. The Morgan fingerprint density at radius 2 is 2.30 bits per heavy atom. The summed E-state index contributed by atoms with van der Waals surface area (Å²) in [5, 5.41) is 9.65. The normalized spacial score (nSPS) is 28.4. The number of carbonyl (C=O) groups excluding carboxylic acids is 1. The zero-order valence-electron chi connectivity index (χ0n) is 5.79. The summed E-state index contributed by atoms with van der Waals surface area (Å²) in [6.45, 7) is 0.423. The van der Waals surface area contributed by atoms with Crippen molar-refractivity contribution in [3.63, 3.8) is 0 Å². The highest BCUT2D eigenvalue weighted by atomic mass is 16.5. The minimum Gasteiger partial charge on any atom is -0.320 e. The van der Waals surface area contributed by atoms with Gasteiger partial charge in [0.2, 0.25) is 0 Å². The minimum atomic E-state index is -0.493. The zero-order valence-corrected chi connectivity index (χ0v) is 5.79. The molecule has 1 aliphatic rings. The highest BCUT2D eigenvalue weighted by molar-refractivity contribution is 5.80. The molecule has 1 rings (SSSR count). The van der Waals surface area contributed by atoms with Crippen LogP contribution in [0.15, 0.2) is 0 Å². The number of hydroxylamine groups is 2. The topological polar surface area (TPSA) is 66.6 Å². The average molecular weight is 144 g/mol. The summed E-state index contributed by atoms with van der Waals surface area (Å²) in [6, 6.07) is -0.493. The molecule has 0 saturated carbocycles. The Bertz CT molecular complexity index is 124. The first kappa shape index (κ1) is 7.50. The Balaban J connectivity index is 2.55. The Kier molecular flexibility index (Phi) is 2.24. The number of amides is 1. The highest BCUT2D eigenvalue weighted by Crippen LogP contribution is 2.07. The van der Waals surface area contributed by atoms with E-state index in [0.717, 1.165) is 17.9 Å². The summed E-state index contributed by atoms with van der Waals surface area (Å²) in [4.78, 5) is 10.9. The van der Waals surface area contributed by atoms with Crippen LogP contribution in [0.1, 0.15) is 19.3 Å². The lowest BCUT2D eigenvalue weighted by Gasteiger charge is -2.13. The van der Waals surface area contributed by atoms with Crippen LogP contribution in [-0.2, 0) is 4.79 Å². The van der Waals surface area contributed by atoms with Crippen molar-refractivity contribution in [1.82, 2.24) is 5.06 Å². The van der Waals surface area contributed by atoms with Crippen LogP contribution in [0, 0.1) is 0 Å². The summed E-state index contributed by atoms with van der Waals surface area (Å²) >= 11 is 0. The number of hydrogen-bond acceptors (Lipinski definition) is 3. The monoisotopic (exact) mass is 144 g/mol. The molecule has 0 unspecified atom stereocenters. The van der Waals surface area contributed by atoms with Gasteiger partial charge in [-0.3, -0.25) is 10.0 Å². The van der Waals surface area contributed by atoms with Gasteiger partial charge in [-0.1, -0.05) is 0 Å². The van der Waals surface area contributed by atoms with Crippen molar-refractivity contribution in [3.05, 3.63) is 0 Å². The molecule has 1 aliphatic heterocycles. The van der Waals surface area contributed by atoms with Crippen molar-refractivity contribution in [2.45, 2.75) is 25.3 Å². The maximum atomic E-state index is 10.9. The summed E-state index contributed by atoms with van der Waals surface area (Å²) < 4.78 is 0. The molecule has 0 bridgehead atoms. The molecule has 0 aromatic heterocycles. The predicted molar refractivity (Wildman–Crippen MR) is 35.3 cm³/mol. The van der Waals surface area contributed by atoms with E-state index in [9.17, 15) is 4.79 Å². The molecule has 0 aromatic rings. The third kappa shape index (κ3) is 1.46. The molecule has 58 valence electrons. The molecule has 10 heavy (non-hydrogen) atoms. The SMILES string of the molecule is N[C@H]1CCCCN(O)C1=O. The van der Waals surface area contributed by atoms with Crippen LogP contribution in [0.25, 0.3) is 0 Å². The molecule has 1 fully saturated rings. The van der Waals surface area contributed by atoms with Crippen molar-refractivity contribution in [2.75, 3.05) is 6.54 Å². The second-order valence-electron chi connectivity index (χ2n) is 2.56. The number of hydrogen-bond donors (Lipinski definition) is 2. The first-order valence-corrected chi connectivity index (χ1v) is 3.47. The first-order chi connectivity index (χ1) is 4.72. The zero-order chi connectivity index (χ0) is 7.56. The third-order valence-corrected chi connectivity index (χ3v) is 1.71. The van der Waals surface area contributed by atoms with Crippen LogP contribution in [0.2, 0.25) is 0 Å². The van der Waals surface area contributed by atoms with Gasteiger partial charge in [-0.2, -0.15) is 0 Å². The van der Waals surface area contributed by atoms with Crippen LogP contribution in [0.3, 0.4) is 0 Å². The second-order valence-corrected chi connectivity index (χ2v) is 2.56. The molecule has 4 nitrogen and oxygen atoms in total. The molecule has 0 radical (unpaired) electrons. The predicted octanol–water partition coefficient (Wildman–Crippen LogP) is -0.285. The smallest absolute Gasteiger partial charge is 0.262 e. The van der Waals surface area contributed by atoms with Crippen LogP contribution >= 0.6 is 0 Å². The van der Waals surface area contributed by atoms with Crippen LogP contribution in [0.5, 0.6) is 0 Å². The van der Waals surface area contributed by atoms with E-state index in [1.54, 1.807) is 0 Å². The van der Waals surface area contributed by atoms with Crippen LogP contribution < -0.4 is 5.73 Å². The van der Waals surface area contributed by atoms with Crippen LogP contribution in [-0.4, -0.2) is 28.8 Å². The standard InChI is InChI=1S/C6H12N2O2/c7-5-3-1-2-4-8(10)6(5)9/h5,10H,1-4,7H2/t5-/m0/s1. The van der Waals surface area contributed by atoms with Gasteiger partial charge in [0, 0.05) is 6.54 Å². The van der Waals surface area contributed by atoms with E-state index in [-0.39, 0.29) is 5.91 Å². The third-order valence-electron chi connectivity index (χ3n) is 1.71. The van der Waals surface area contributed by atoms with E-state index in [1.165, 1.54) is 0 Å². The Labute approximate surface area is 59.6 Å². The number of rotatable bonds is 0. The Morgan fingerprint density at radius 3 is 3.00 bits per heavy atom. The van der Waals surface area contributed by atoms with Crippen molar-refractivity contribution in [1.29, 1.82) is 0 Å². The van der Waals surface area contributed by atoms with Gasteiger partial charge in [0.1, 0.15) is 0 Å². The lowest BCUT2D eigenvalue weighted by Crippen LogP contribution is -2.40. The summed E-state index contributed by atoms with van der Waals surface area (Å²) in [5.41, 5.74) is 5.42. The number of nitrogens with two attached hydrogens (primary N) is 1. The van der Waals surface area contributed by atoms with E-state index in [4.69, 9.17) is 10.9 Å². The van der Waals surface area contributed by atoms with E-state index in [1.807, 2.05) is 0 Å². The fourth-order valence-electron chi connectivity index (χ4n) is 1.05. The number of nitrogens with zero attached hydrogens (tertiary/aromatic N) is 1. The summed E-state index contributed by atoms with van der Waals surface area (Å²) in [7, 11) is 0. The molecule has 0 aromatic carbocycles. The molecule has 1 amide bonds. The lowest BCUT2D eigenvalue weighted by atomic mass is 10.1. The Morgan fingerprint density at radius 1 is 1.60 bits per heavy atom. The molecular formula is C6H12N2O2. The van der Waals surface area contributed by atoms with E-state index in [0.29, 0.717) is 13.0 Å². The number of carbonyl (C=O) groups is 1. The fourth-order valence-corrected chi connectivity index (χ4v) is 1.05. The first-order valence-electron chi connectivity index (χ1n) is 3.47. The molecule has 1 saturated heterocycles. The molecule has 0 spiro atoms. The van der Waals surface area contributed by atoms with Gasteiger partial charge in [-0.15, -0.1) is 0 Å². The van der Waals surface area contributed by atoms with Crippen molar-refractivity contribution < 1.29 is 10.0 Å². The maximum absolute atomic E-state index is 10.9. The second kappa shape index (κ2) is 2.98. The molecule has 1 heterocycles.